The SMILES string of the molecule is CCCCOc1cc2c(cc1-c1c(C)noc1C)C=CCN2Cc1ccccn1. The molecule has 1 aliphatic heterocycles. The second-order valence-electron chi connectivity index (χ2n) is 7.41. The predicted octanol–water partition coefficient (Wildman–Crippen LogP) is 5.57. The van der Waals surface area contributed by atoms with Gasteiger partial charge in [-0.05, 0) is 44.0 Å². The highest BCUT2D eigenvalue weighted by molar-refractivity contribution is 5.83. The zero-order valence-electron chi connectivity index (χ0n) is 17.3. The summed E-state index contributed by atoms with van der Waals surface area (Å²) in [5.41, 5.74) is 6.34. The van der Waals surface area contributed by atoms with Crippen LogP contribution in [-0.2, 0) is 6.54 Å². The van der Waals surface area contributed by atoms with E-state index in [1.807, 2.05) is 32.2 Å². The van der Waals surface area contributed by atoms with Crippen LogP contribution < -0.4 is 9.64 Å². The van der Waals surface area contributed by atoms with E-state index < -0.39 is 0 Å². The fourth-order valence-corrected chi connectivity index (χ4v) is 3.74. The van der Waals surface area contributed by atoms with Crippen LogP contribution in [0, 0.1) is 13.8 Å². The molecule has 1 aliphatic rings. The van der Waals surface area contributed by atoms with Gasteiger partial charge in [-0.25, -0.2) is 0 Å². The number of hydrogen-bond donors (Lipinski definition) is 0. The third-order valence-electron chi connectivity index (χ3n) is 5.23. The quantitative estimate of drug-likeness (QED) is 0.495. The summed E-state index contributed by atoms with van der Waals surface area (Å²) in [6, 6.07) is 10.4. The van der Waals surface area contributed by atoms with Gasteiger partial charge in [-0.2, -0.15) is 0 Å². The van der Waals surface area contributed by atoms with E-state index >= 15 is 0 Å². The molecular formula is C24H27N3O2. The fourth-order valence-electron chi connectivity index (χ4n) is 3.74. The molecule has 0 unspecified atom stereocenters. The number of benzene rings is 1. The fraction of sp³-hybridized carbons (Fsp3) is 0.333. The minimum atomic E-state index is 0.696. The predicted molar refractivity (Wildman–Crippen MR) is 116 cm³/mol. The topological polar surface area (TPSA) is 51.4 Å². The summed E-state index contributed by atoms with van der Waals surface area (Å²) in [7, 11) is 0. The molecule has 0 saturated heterocycles. The van der Waals surface area contributed by atoms with Crippen LogP contribution in [0.25, 0.3) is 17.2 Å². The van der Waals surface area contributed by atoms with Crippen molar-refractivity contribution in [3.63, 3.8) is 0 Å². The van der Waals surface area contributed by atoms with Crippen molar-refractivity contribution in [2.24, 2.45) is 0 Å². The molecule has 0 atom stereocenters. The molecule has 0 fully saturated rings. The molecule has 0 N–H and O–H groups in total. The maximum atomic E-state index is 6.24. The lowest BCUT2D eigenvalue weighted by Gasteiger charge is -2.29. The summed E-state index contributed by atoms with van der Waals surface area (Å²) in [6.07, 6.45) is 8.34. The molecular weight excluding hydrogens is 362 g/mol. The van der Waals surface area contributed by atoms with Gasteiger partial charge in [0.05, 0.1) is 30.1 Å². The van der Waals surface area contributed by atoms with Crippen LogP contribution >= 0.6 is 0 Å². The van der Waals surface area contributed by atoms with Crippen molar-refractivity contribution in [2.75, 3.05) is 18.1 Å². The van der Waals surface area contributed by atoms with Crippen LogP contribution in [-0.4, -0.2) is 23.3 Å². The van der Waals surface area contributed by atoms with Crippen molar-refractivity contribution in [1.29, 1.82) is 0 Å². The highest BCUT2D eigenvalue weighted by atomic mass is 16.5. The molecule has 0 saturated carbocycles. The lowest BCUT2D eigenvalue weighted by molar-refractivity contribution is 0.310. The van der Waals surface area contributed by atoms with Crippen molar-refractivity contribution in [1.82, 2.24) is 10.1 Å². The number of unbranched alkanes of at least 4 members (excludes halogenated alkanes) is 1. The Hall–Kier alpha value is -3.08. The molecule has 29 heavy (non-hydrogen) atoms. The number of nitrogens with zero attached hydrogens (tertiary/aromatic N) is 3. The number of aromatic nitrogens is 2. The Bertz CT molecular complexity index is 989. The first-order chi connectivity index (χ1) is 14.2. The van der Waals surface area contributed by atoms with Crippen LogP contribution in [0.3, 0.4) is 0 Å². The van der Waals surface area contributed by atoms with E-state index in [9.17, 15) is 0 Å². The van der Waals surface area contributed by atoms with Gasteiger partial charge in [0, 0.05) is 30.1 Å². The first-order valence-corrected chi connectivity index (χ1v) is 10.2. The third-order valence-corrected chi connectivity index (χ3v) is 5.23. The van der Waals surface area contributed by atoms with Gasteiger partial charge in [0.1, 0.15) is 11.5 Å². The maximum Gasteiger partial charge on any atom is 0.141 e. The van der Waals surface area contributed by atoms with E-state index in [-0.39, 0.29) is 0 Å². The minimum absolute atomic E-state index is 0.696. The Morgan fingerprint density at radius 1 is 1.21 bits per heavy atom. The molecule has 2 aromatic heterocycles. The van der Waals surface area contributed by atoms with E-state index in [2.05, 4.69) is 52.3 Å². The van der Waals surface area contributed by atoms with Gasteiger partial charge in [-0.3, -0.25) is 4.98 Å². The number of ether oxygens (including phenoxy) is 1. The van der Waals surface area contributed by atoms with Gasteiger partial charge in [0.2, 0.25) is 0 Å². The van der Waals surface area contributed by atoms with Crippen molar-refractivity contribution in [2.45, 2.75) is 40.2 Å². The van der Waals surface area contributed by atoms with E-state index in [0.717, 1.165) is 60.0 Å². The number of pyridine rings is 1. The summed E-state index contributed by atoms with van der Waals surface area (Å²) in [5.74, 6) is 1.70. The molecule has 3 aromatic rings. The molecule has 150 valence electrons. The molecule has 0 amide bonds. The Kier molecular flexibility index (Phi) is 5.65. The molecule has 0 radical (unpaired) electrons. The first kappa shape index (κ1) is 19.2. The maximum absolute atomic E-state index is 6.24. The van der Waals surface area contributed by atoms with Crippen LogP contribution in [0.2, 0.25) is 0 Å². The normalized spacial score (nSPS) is 12.9. The van der Waals surface area contributed by atoms with Crippen LogP contribution in [0.15, 0.2) is 47.1 Å². The Labute approximate surface area is 172 Å². The second kappa shape index (κ2) is 8.52. The van der Waals surface area contributed by atoms with Gasteiger partial charge in [-0.15, -0.1) is 0 Å². The van der Waals surface area contributed by atoms with E-state index in [1.54, 1.807) is 0 Å². The summed E-state index contributed by atoms with van der Waals surface area (Å²) < 4.78 is 11.7. The number of anilines is 1. The summed E-state index contributed by atoms with van der Waals surface area (Å²) >= 11 is 0. The Morgan fingerprint density at radius 2 is 2.10 bits per heavy atom. The highest BCUT2D eigenvalue weighted by Crippen LogP contribution is 2.41. The summed E-state index contributed by atoms with van der Waals surface area (Å²) in [5, 5.41) is 4.15. The molecule has 0 bridgehead atoms. The summed E-state index contributed by atoms with van der Waals surface area (Å²) in [4.78, 5) is 6.83. The molecule has 0 spiro atoms. The third kappa shape index (κ3) is 4.04. The average molecular weight is 389 g/mol. The Morgan fingerprint density at radius 3 is 2.83 bits per heavy atom. The van der Waals surface area contributed by atoms with Crippen LogP contribution in [0.4, 0.5) is 5.69 Å². The van der Waals surface area contributed by atoms with E-state index in [0.29, 0.717) is 6.61 Å². The zero-order valence-corrected chi connectivity index (χ0v) is 17.3. The minimum Gasteiger partial charge on any atom is -0.493 e. The molecule has 3 heterocycles. The molecule has 4 rings (SSSR count). The highest BCUT2D eigenvalue weighted by Gasteiger charge is 2.22. The number of hydrogen-bond acceptors (Lipinski definition) is 5. The molecule has 5 heteroatoms. The lowest BCUT2D eigenvalue weighted by Crippen LogP contribution is -2.26. The molecule has 0 aliphatic carbocycles. The van der Waals surface area contributed by atoms with Crippen molar-refractivity contribution >= 4 is 11.8 Å². The Balaban J connectivity index is 1.76. The number of rotatable bonds is 7. The number of fused-ring (bicyclic) bond motifs is 1. The van der Waals surface area contributed by atoms with Gasteiger partial charge in [0.15, 0.2) is 0 Å². The summed E-state index contributed by atoms with van der Waals surface area (Å²) in [6.45, 7) is 8.41. The largest absolute Gasteiger partial charge is 0.493 e. The van der Waals surface area contributed by atoms with Crippen LogP contribution in [0.1, 0.15) is 42.5 Å². The molecule has 1 aromatic carbocycles. The van der Waals surface area contributed by atoms with Gasteiger partial charge in [-0.1, -0.05) is 36.7 Å². The van der Waals surface area contributed by atoms with Crippen molar-refractivity contribution in [3.05, 3.63) is 65.3 Å². The second-order valence-corrected chi connectivity index (χ2v) is 7.41. The van der Waals surface area contributed by atoms with Crippen molar-refractivity contribution < 1.29 is 9.26 Å². The van der Waals surface area contributed by atoms with Gasteiger partial charge in [0.25, 0.3) is 0 Å². The van der Waals surface area contributed by atoms with E-state index in [1.165, 1.54) is 11.3 Å². The van der Waals surface area contributed by atoms with Gasteiger partial charge < -0.3 is 14.2 Å². The standard InChI is InChI=1S/C24H27N3O2/c1-4-5-13-28-23-15-22-19(14-21(23)24-17(2)26-29-18(24)3)9-8-12-27(22)16-20-10-6-7-11-25-20/h6-11,14-15H,4-5,12-13,16H2,1-3H3. The molecule has 5 nitrogen and oxygen atoms in total. The average Bonchev–Trinajstić information content (AvgIpc) is 3.07. The smallest absolute Gasteiger partial charge is 0.141 e. The lowest BCUT2D eigenvalue weighted by atomic mass is 9.97. The van der Waals surface area contributed by atoms with E-state index in [4.69, 9.17) is 9.26 Å². The van der Waals surface area contributed by atoms with Crippen LogP contribution in [0.5, 0.6) is 5.75 Å². The number of aryl methyl sites for hydroxylation is 2. The zero-order chi connectivity index (χ0) is 20.2. The van der Waals surface area contributed by atoms with Gasteiger partial charge >= 0.3 is 0 Å². The first-order valence-electron chi connectivity index (χ1n) is 10.2. The van der Waals surface area contributed by atoms with Crippen molar-refractivity contribution in [3.8, 4) is 16.9 Å². The monoisotopic (exact) mass is 389 g/mol.